The summed E-state index contributed by atoms with van der Waals surface area (Å²) < 4.78 is 34.4. The van der Waals surface area contributed by atoms with Crippen LogP contribution < -0.4 is 9.46 Å². The number of anilines is 1. The Morgan fingerprint density at radius 2 is 1.85 bits per heavy atom. The van der Waals surface area contributed by atoms with E-state index in [1.54, 1.807) is 60.8 Å². The van der Waals surface area contributed by atoms with Crippen LogP contribution in [-0.4, -0.2) is 23.4 Å². The maximum atomic E-state index is 13.0. The van der Waals surface area contributed by atoms with Crippen LogP contribution in [0.4, 0.5) is 5.69 Å². The number of hydrogen-bond acceptors (Lipinski definition) is 6. The fourth-order valence-corrected chi connectivity index (χ4v) is 4.70. The van der Waals surface area contributed by atoms with E-state index in [1.165, 1.54) is 6.07 Å². The Kier molecular flexibility index (Phi) is 5.12. The first kappa shape index (κ1) is 20.5. The highest BCUT2D eigenvalue weighted by Crippen LogP contribution is 2.25. The van der Waals surface area contributed by atoms with Crippen molar-refractivity contribution in [2.45, 2.75) is 11.5 Å². The second-order valence-corrected chi connectivity index (χ2v) is 8.93. The molecule has 2 aromatic heterocycles. The summed E-state index contributed by atoms with van der Waals surface area (Å²) in [7, 11) is -3.85. The first-order valence-electron chi connectivity index (χ1n) is 10.00. The van der Waals surface area contributed by atoms with Gasteiger partial charge >= 0.3 is 0 Å². The molecule has 9 heteroatoms. The number of imidazole rings is 1. The molecule has 8 nitrogen and oxygen atoms in total. The summed E-state index contributed by atoms with van der Waals surface area (Å²) >= 11 is 0. The molecule has 162 valence electrons. The molecular weight excluding hydrogens is 438 g/mol. The van der Waals surface area contributed by atoms with Gasteiger partial charge in [0, 0.05) is 11.6 Å². The number of hydrogen-bond donors (Lipinski definition) is 2. The molecule has 0 spiro atoms. The lowest BCUT2D eigenvalue weighted by Gasteiger charge is -2.10. The Balaban J connectivity index is 1.36. The fraction of sp³-hybridized carbons (Fsp3) is 0.0417. The highest BCUT2D eigenvalue weighted by Gasteiger charge is 2.18. The molecular formula is C24H17N5O3S. The van der Waals surface area contributed by atoms with Gasteiger partial charge in [-0.05, 0) is 54.6 Å². The van der Waals surface area contributed by atoms with E-state index in [1.807, 2.05) is 12.1 Å². The molecule has 2 N–H and O–H groups in total. The van der Waals surface area contributed by atoms with Gasteiger partial charge in [-0.25, -0.2) is 13.4 Å². The summed E-state index contributed by atoms with van der Waals surface area (Å²) in [6.07, 6.45) is 1.57. The zero-order valence-electron chi connectivity index (χ0n) is 17.2. The third-order valence-electron chi connectivity index (χ3n) is 5.03. The van der Waals surface area contributed by atoms with Crippen LogP contribution in [-0.2, 0) is 16.6 Å². The van der Waals surface area contributed by atoms with Crippen LogP contribution in [0.25, 0.3) is 21.9 Å². The van der Waals surface area contributed by atoms with Crippen molar-refractivity contribution >= 4 is 37.6 Å². The van der Waals surface area contributed by atoms with E-state index < -0.39 is 10.0 Å². The highest BCUT2D eigenvalue weighted by atomic mass is 32.2. The summed E-state index contributed by atoms with van der Waals surface area (Å²) in [4.78, 5) is 12.0. The lowest BCUT2D eigenvalue weighted by Crippen LogP contribution is -2.13. The molecule has 3 aromatic carbocycles. The fourth-order valence-electron chi connectivity index (χ4n) is 3.47. The Hall–Kier alpha value is -4.42. The smallest absolute Gasteiger partial charge is 0.264 e. The van der Waals surface area contributed by atoms with E-state index in [2.05, 4.69) is 25.7 Å². The summed E-state index contributed by atoms with van der Waals surface area (Å²) in [5.74, 6) is 1.21. The molecule has 33 heavy (non-hydrogen) atoms. The first-order chi connectivity index (χ1) is 16.0. The third kappa shape index (κ3) is 4.20. The zero-order valence-corrected chi connectivity index (χ0v) is 18.0. The van der Waals surface area contributed by atoms with Gasteiger partial charge in [0.15, 0.2) is 0 Å². The van der Waals surface area contributed by atoms with E-state index >= 15 is 0 Å². The Morgan fingerprint density at radius 1 is 1.03 bits per heavy atom. The molecule has 5 rings (SSSR count). The number of fused-ring (bicyclic) bond motifs is 2. The predicted molar refractivity (Wildman–Crippen MR) is 124 cm³/mol. The van der Waals surface area contributed by atoms with Crippen molar-refractivity contribution in [2.24, 2.45) is 0 Å². The molecule has 0 atom stereocenters. The van der Waals surface area contributed by atoms with Crippen LogP contribution >= 0.6 is 0 Å². The number of para-hydroxylation sites is 1. The third-order valence-corrected chi connectivity index (χ3v) is 6.44. The quantitative estimate of drug-likeness (QED) is 0.392. The van der Waals surface area contributed by atoms with E-state index in [-0.39, 0.29) is 11.5 Å². The van der Waals surface area contributed by atoms with Gasteiger partial charge in [-0.15, -0.1) is 0 Å². The summed E-state index contributed by atoms with van der Waals surface area (Å²) in [6, 6.07) is 22.6. The number of pyridine rings is 1. The minimum atomic E-state index is -3.85. The topological polar surface area (TPSA) is 121 Å². The monoisotopic (exact) mass is 455 g/mol. The molecule has 5 aromatic rings. The largest absolute Gasteiger partial charge is 0.486 e. The minimum Gasteiger partial charge on any atom is -0.486 e. The van der Waals surface area contributed by atoms with Gasteiger partial charge in [0.25, 0.3) is 10.0 Å². The van der Waals surface area contributed by atoms with Crippen molar-refractivity contribution in [1.29, 1.82) is 5.26 Å². The molecule has 0 saturated heterocycles. The highest BCUT2D eigenvalue weighted by molar-refractivity contribution is 7.93. The van der Waals surface area contributed by atoms with Crippen molar-refractivity contribution in [3.63, 3.8) is 0 Å². The number of sulfonamides is 1. The maximum absolute atomic E-state index is 13.0. The lowest BCUT2D eigenvalue weighted by molar-refractivity contribution is 0.297. The average molecular weight is 455 g/mol. The molecule has 2 heterocycles. The minimum absolute atomic E-state index is 0.113. The van der Waals surface area contributed by atoms with E-state index in [0.29, 0.717) is 39.4 Å². The van der Waals surface area contributed by atoms with Gasteiger partial charge in [-0.3, -0.25) is 9.71 Å². The van der Waals surface area contributed by atoms with Gasteiger partial charge < -0.3 is 9.72 Å². The number of nitriles is 1. The summed E-state index contributed by atoms with van der Waals surface area (Å²) in [6.45, 7) is 0.198. The number of aromatic nitrogens is 3. The molecule has 0 aliphatic carbocycles. The number of H-pyrrole nitrogens is 1. The zero-order chi connectivity index (χ0) is 22.8. The van der Waals surface area contributed by atoms with Crippen LogP contribution in [0.1, 0.15) is 11.4 Å². The van der Waals surface area contributed by atoms with Crippen molar-refractivity contribution < 1.29 is 13.2 Å². The van der Waals surface area contributed by atoms with Gasteiger partial charge in [0.2, 0.25) is 0 Å². The maximum Gasteiger partial charge on any atom is 0.264 e. The standard InChI is InChI=1S/C24H17N5O3S/c25-14-16-6-9-19(10-7-16)32-15-23-27-20-11-8-18(13-21(20)28-23)29-33(30,31)22-5-1-3-17-4-2-12-26-24(17)22/h1-13,29H,15H2,(H,27,28). The Labute approximate surface area is 189 Å². The number of benzene rings is 3. The second kappa shape index (κ2) is 8.26. The SMILES string of the molecule is N#Cc1ccc(OCc2nc3ccc(NS(=O)(=O)c4cccc5cccnc45)cc3[nH]2)cc1. The van der Waals surface area contributed by atoms with Crippen LogP contribution in [0.15, 0.2) is 83.9 Å². The first-order valence-corrected chi connectivity index (χ1v) is 11.5. The Bertz CT molecular complexity index is 1610. The lowest BCUT2D eigenvalue weighted by atomic mass is 10.2. The Morgan fingerprint density at radius 3 is 2.67 bits per heavy atom. The van der Waals surface area contributed by atoms with Gasteiger partial charge in [0.1, 0.15) is 23.1 Å². The molecule has 0 aliphatic rings. The summed E-state index contributed by atoms with van der Waals surface area (Å²) in [5, 5.41) is 9.62. The van der Waals surface area contributed by atoms with Crippen molar-refractivity contribution in [1.82, 2.24) is 15.0 Å². The van der Waals surface area contributed by atoms with Gasteiger partial charge in [-0.2, -0.15) is 5.26 Å². The van der Waals surface area contributed by atoms with E-state index in [0.717, 1.165) is 5.39 Å². The second-order valence-electron chi connectivity index (χ2n) is 7.28. The van der Waals surface area contributed by atoms with Crippen molar-refractivity contribution in [3.05, 3.63) is 90.4 Å². The van der Waals surface area contributed by atoms with Crippen LogP contribution in [0.3, 0.4) is 0 Å². The van der Waals surface area contributed by atoms with Gasteiger partial charge in [0.05, 0.1) is 33.9 Å². The normalized spacial score (nSPS) is 11.4. The van der Waals surface area contributed by atoms with Gasteiger partial charge in [-0.1, -0.05) is 18.2 Å². The van der Waals surface area contributed by atoms with Crippen molar-refractivity contribution in [3.8, 4) is 11.8 Å². The van der Waals surface area contributed by atoms with Crippen LogP contribution in [0, 0.1) is 11.3 Å². The number of rotatable bonds is 6. The van der Waals surface area contributed by atoms with E-state index in [9.17, 15) is 8.42 Å². The van der Waals surface area contributed by atoms with Crippen LogP contribution in [0.2, 0.25) is 0 Å². The number of aromatic amines is 1. The number of ether oxygens (including phenoxy) is 1. The average Bonchev–Trinajstić information content (AvgIpc) is 3.24. The number of nitrogens with one attached hydrogen (secondary N) is 2. The number of nitrogens with zero attached hydrogens (tertiary/aromatic N) is 3. The molecule has 0 unspecified atom stereocenters. The predicted octanol–water partition coefficient (Wildman–Crippen LogP) is 4.36. The molecule has 0 amide bonds. The molecule has 0 radical (unpaired) electrons. The molecule has 0 bridgehead atoms. The molecule has 0 aliphatic heterocycles. The summed E-state index contributed by atoms with van der Waals surface area (Å²) in [5.41, 5.74) is 2.73. The van der Waals surface area contributed by atoms with Crippen LogP contribution in [0.5, 0.6) is 5.75 Å². The molecule has 0 saturated carbocycles. The van der Waals surface area contributed by atoms with E-state index in [4.69, 9.17) is 10.00 Å². The molecule has 0 fully saturated rings. The van der Waals surface area contributed by atoms with Crippen molar-refractivity contribution in [2.75, 3.05) is 4.72 Å².